The van der Waals surface area contributed by atoms with E-state index in [1.165, 1.54) is 12.0 Å². The van der Waals surface area contributed by atoms with Crippen molar-refractivity contribution in [3.63, 3.8) is 0 Å². The van der Waals surface area contributed by atoms with E-state index < -0.39 is 29.1 Å². The van der Waals surface area contributed by atoms with Crippen molar-refractivity contribution in [3.8, 4) is 0 Å². The van der Waals surface area contributed by atoms with E-state index in [4.69, 9.17) is 9.47 Å². The summed E-state index contributed by atoms with van der Waals surface area (Å²) < 4.78 is 11.3. The number of hydrogen-bond donors (Lipinski definition) is 1. The number of cyclic esters (lactones) is 1. The molecule has 0 aromatic heterocycles. The van der Waals surface area contributed by atoms with Gasteiger partial charge in [-0.3, -0.25) is 9.69 Å². The van der Waals surface area contributed by atoms with Gasteiger partial charge in [-0.15, -0.1) is 0 Å². The van der Waals surface area contributed by atoms with E-state index in [9.17, 15) is 14.4 Å². The Morgan fingerprint density at radius 1 is 1.31 bits per heavy atom. The number of benzene rings is 2. The number of nitrogens with one attached hydrogen (secondary N) is 1. The van der Waals surface area contributed by atoms with Gasteiger partial charge in [0.15, 0.2) is 5.41 Å². The maximum atomic E-state index is 13.3. The number of aldehydes is 1. The highest BCUT2D eigenvalue weighted by atomic mass is 79.9. The summed E-state index contributed by atoms with van der Waals surface area (Å²) in [5.74, 6) is -0.605. The Morgan fingerprint density at radius 2 is 2.10 bits per heavy atom. The summed E-state index contributed by atoms with van der Waals surface area (Å²) >= 11 is 3.61. The smallest absolute Gasteiger partial charge is 0.415 e. The van der Waals surface area contributed by atoms with Crippen LogP contribution in [-0.4, -0.2) is 38.2 Å². The van der Waals surface area contributed by atoms with E-state index in [1.54, 1.807) is 24.3 Å². The molecule has 3 atom stereocenters. The number of hydrogen-bond acceptors (Lipinski definition) is 6. The third-order valence-corrected chi connectivity index (χ3v) is 7.03. The summed E-state index contributed by atoms with van der Waals surface area (Å²) in [6.07, 6.45) is -0.217. The summed E-state index contributed by atoms with van der Waals surface area (Å²) in [7, 11) is 1.31. The summed E-state index contributed by atoms with van der Waals surface area (Å²) in [6, 6.07) is 12.5. The Hall–Kier alpha value is -2.87. The fourth-order valence-corrected chi connectivity index (χ4v) is 6.01. The second-order valence-corrected chi connectivity index (χ2v) is 8.20. The maximum Gasteiger partial charge on any atom is 0.415 e. The van der Waals surface area contributed by atoms with Crippen molar-refractivity contribution in [1.29, 1.82) is 0 Å². The number of amides is 1. The molecule has 2 aromatic carbocycles. The number of para-hydroxylation sites is 1. The van der Waals surface area contributed by atoms with E-state index in [-0.39, 0.29) is 6.61 Å². The quantitative estimate of drug-likeness (QED) is 0.403. The lowest BCUT2D eigenvalue weighted by Crippen LogP contribution is -2.71. The third-order valence-electron chi connectivity index (χ3n) is 6.37. The zero-order chi connectivity index (χ0) is 20.4. The molecule has 0 saturated carbocycles. The molecule has 7 nitrogen and oxygen atoms in total. The minimum atomic E-state index is -1.60. The molecule has 0 aliphatic carbocycles. The van der Waals surface area contributed by atoms with Crippen molar-refractivity contribution >= 4 is 45.7 Å². The Balaban J connectivity index is 1.95. The highest BCUT2D eigenvalue weighted by molar-refractivity contribution is 9.10. The normalized spacial score (nSPS) is 28.8. The van der Waals surface area contributed by atoms with Gasteiger partial charge in [0.25, 0.3) is 0 Å². The van der Waals surface area contributed by atoms with Gasteiger partial charge in [0, 0.05) is 21.3 Å². The molecule has 148 valence electrons. The SMILES string of the molecule is COC(=O)N1c2ccccc2[C@@]2(C=O)C(=O)OCC[C@@]23c2c(Br)cccc2N[C@@H]13. The average molecular weight is 457 g/mol. The molecule has 8 heteroatoms. The van der Waals surface area contributed by atoms with Crippen LogP contribution in [0.5, 0.6) is 0 Å². The number of carbonyl (C=O) groups excluding carboxylic acids is 3. The van der Waals surface area contributed by atoms with Gasteiger partial charge in [-0.2, -0.15) is 0 Å². The average Bonchev–Trinajstić information content (AvgIpc) is 3.06. The van der Waals surface area contributed by atoms with Crippen molar-refractivity contribution in [2.75, 3.05) is 23.9 Å². The number of methoxy groups -OCH3 is 1. The molecule has 0 unspecified atom stereocenters. The number of rotatable bonds is 1. The first-order valence-corrected chi connectivity index (χ1v) is 9.98. The first kappa shape index (κ1) is 18.2. The van der Waals surface area contributed by atoms with E-state index in [2.05, 4.69) is 21.2 Å². The van der Waals surface area contributed by atoms with E-state index in [1.807, 2.05) is 18.2 Å². The molecule has 5 rings (SSSR count). The minimum Gasteiger partial charge on any atom is -0.465 e. The molecule has 1 amide bonds. The largest absolute Gasteiger partial charge is 0.465 e. The Bertz CT molecular complexity index is 1070. The fourth-order valence-electron chi connectivity index (χ4n) is 5.29. The van der Waals surface area contributed by atoms with Gasteiger partial charge in [-0.25, -0.2) is 4.79 Å². The number of anilines is 2. The van der Waals surface area contributed by atoms with Gasteiger partial charge >= 0.3 is 12.1 Å². The van der Waals surface area contributed by atoms with Crippen molar-refractivity contribution in [1.82, 2.24) is 0 Å². The molecule has 1 saturated heterocycles. The highest BCUT2D eigenvalue weighted by Gasteiger charge is 2.73. The van der Waals surface area contributed by atoms with Crippen LogP contribution in [0.2, 0.25) is 0 Å². The first-order valence-electron chi connectivity index (χ1n) is 9.18. The lowest BCUT2D eigenvalue weighted by Gasteiger charge is -2.56. The number of nitrogens with zero attached hydrogens (tertiary/aromatic N) is 1. The number of carbonyl (C=O) groups is 3. The summed E-state index contributed by atoms with van der Waals surface area (Å²) in [5, 5.41) is 3.38. The lowest BCUT2D eigenvalue weighted by molar-refractivity contribution is -0.164. The number of halogens is 1. The standard InChI is InChI=1S/C21H17BrN2O5/c1-28-19(27)24-15-8-3-2-5-12(15)21(11-25)18(26)29-10-9-20(21)16-13(22)6-4-7-14(16)23-17(20)24/h2-8,11,17,23H,9-10H2,1H3/t17-,20-,21-/m0/s1. The second kappa shape index (κ2) is 6.06. The number of fused-ring (bicyclic) bond motifs is 3. The third kappa shape index (κ3) is 1.95. The van der Waals surface area contributed by atoms with Crippen molar-refractivity contribution in [2.24, 2.45) is 0 Å². The van der Waals surface area contributed by atoms with E-state index >= 15 is 0 Å². The molecule has 3 aliphatic rings. The zero-order valence-electron chi connectivity index (χ0n) is 15.5. The van der Waals surface area contributed by atoms with Crippen LogP contribution in [0, 0.1) is 0 Å². The van der Waals surface area contributed by atoms with Crippen molar-refractivity contribution < 1.29 is 23.9 Å². The predicted octanol–water partition coefficient (Wildman–Crippen LogP) is 3.11. The van der Waals surface area contributed by atoms with Crippen molar-refractivity contribution in [3.05, 3.63) is 58.1 Å². The molecular formula is C21H17BrN2O5. The van der Waals surface area contributed by atoms with Gasteiger partial charge in [0.2, 0.25) is 0 Å². The van der Waals surface area contributed by atoms with Crippen LogP contribution < -0.4 is 10.2 Å². The van der Waals surface area contributed by atoms with Gasteiger partial charge in [-0.05, 0) is 24.6 Å². The Morgan fingerprint density at radius 3 is 2.86 bits per heavy atom. The first-order chi connectivity index (χ1) is 14.0. The van der Waals surface area contributed by atoms with Crippen LogP contribution in [0.1, 0.15) is 17.5 Å². The molecule has 3 heterocycles. The molecule has 0 radical (unpaired) electrons. The van der Waals surface area contributed by atoms with Crippen LogP contribution in [0.4, 0.5) is 16.2 Å². The summed E-state index contributed by atoms with van der Waals surface area (Å²) in [4.78, 5) is 40.5. The maximum absolute atomic E-state index is 13.3. The number of esters is 1. The van der Waals surface area contributed by atoms with Crippen LogP contribution in [0.3, 0.4) is 0 Å². The highest BCUT2D eigenvalue weighted by Crippen LogP contribution is 2.63. The molecule has 1 spiro atoms. The van der Waals surface area contributed by atoms with Crippen LogP contribution in [0.15, 0.2) is 46.9 Å². The molecule has 0 bridgehead atoms. The fraction of sp³-hybridized carbons (Fsp3) is 0.286. The minimum absolute atomic E-state index is 0.143. The predicted molar refractivity (Wildman–Crippen MR) is 108 cm³/mol. The van der Waals surface area contributed by atoms with Crippen LogP contribution in [-0.2, 0) is 29.9 Å². The van der Waals surface area contributed by atoms with Gasteiger partial charge < -0.3 is 19.6 Å². The molecule has 1 N–H and O–H groups in total. The molecule has 29 heavy (non-hydrogen) atoms. The van der Waals surface area contributed by atoms with Gasteiger partial charge in [-0.1, -0.05) is 40.2 Å². The monoisotopic (exact) mass is 456 g/mol. The Labute approximate surface area is 175 Å². The van der Waals surface area contributed by atoms with E-state index in [0.29, 0.717) is 24.0 Å². The van der Waals surface area contributed by atoms with Crippen LogP contribution in [0.25, 0.3) is 0 Å². The molecule has 2 aromatic rings. The van der Waals surface area contributed by atoms with Crippen molar-refractivity contribution in [2.45, 2.75) is 23.4 Å². The topological polar surface area (TPSA) is 84.9 Å². The van der Waals surface area contributed by atoms with E-state index in [0.717, 1.165) is 15.7 Å². The Kier molecular flexibility index (Phi) is 3.80. The molecular weight excluding hydrogens is 440 g/mol. The number of ether oxygens (including phenoxy) is 2. The zero-order valence-corrected chi connectivity index (χ0v) is 17.1. The second-order valence-electron chi connectivity index (χ2n) is 7.35. The summed E-state index contributed by atoms with van der Waals surface area (Å²) in [5.41, 5.74) is -0.223. The lowest BCUT2D eigenvalue weighted by atomic mass is 9.52. The molecule has 3 aliphatic heterocycles. The van der Waals surface area contributed by atoms with Gasteiger partial charge in [0.05, 0.1) is 24.8 Å². The summed E-state index contributed by atoms with van der Waals surface area (Å²) in [6.45, 7) is 0.143. The van der Waals surface area contributed by atoms with Gasteiger partial charge in [0.1, 0.15) is 12.5 Å². The molecule has 1 fully saturated rings. The van der Waals surface area contributed by atoms with Crippen LogP contribution >= 0.6 is 15.9 Å².